The maximum Gasteiger partial charge on any atom is 0.274 e. The largest absolute Gasteiger partial charge is 0.341 e. The second-order valence-electron chi connectivity index (χ2n) is 8.07. The van der Waals surface area contributed by atoms with E-state index in [9.17, 15) is 4.79 Å². The van der Waals surface area contributed by atoms with Crippen molar-refractivity contribution in [2.24, 2.45) is 0 Å². The highest BCUT2D eigenvalue weighted by molar-refractivity contribution is 5.93. The van der Waals surface area contributed by atoms with E-state index in [0.29, 0.717) is 11.7 Å². The molecule has 8 nitrogen and oxygen atoms in total. The zero-order valence-corrected chi connectivity index (χ0v) is 20.0. The molecule has 4 rings (SSSR count). The SMILES string of the molecule is Cc1c(C(=O)NC(C)c2nc3ccccc3n2C(C)C)nnn1C1CCNCC1.Cl.Cl. The average molecular weight is 468 g/mol. The lowest BCUT2D eigenvalue weighted by atomic mass is 10.1. The van der Waals surface area contributed by atoms with Crippen molar-refractivity contribution in [3.63, 3.8) is 0 Å². The molecule has 0 spiro atoms. The summed E-state index contributed by atoms with van der Waals surface area (Å²) in [5, 5.41) is 14.9. The summed E-state index contributed by atoms with van der Waals surface area (Å²) in [5.41, 5.74) is 3.22. The molecule has 3 heterocycles. The highest BCUT2D eigenvalue weighted by Gasteiger charge is 2.25. The number of piperidine rings is 1. The Kier molecular flexibility index (Phi) is 8.45. The molecule has 170 valence electrons. The average Bonchev–Trinajstić information content (AvgIpc) is 3.29. The van der Waals surface area contributed by atoms with Crippen LogP contribution >= 0.6 is 24.8 Å². The van der Waals surface area contributed by atoms with Gasteiger partial charge in [-0.3, -0.25) is 4.79 Å². The third kappa shape index (κ3) is 4.86. The summed E-state index contributed by atoms with van der Waals surface area (Å²) in [6, 6.07) is 8.34. The molecule has 1 aliphatic rings. The number of amides is 1. The zero-order chi connectivity index (χ0) is 20.5. The van der Waals surface area contributed by atoms with Crippen molar-refractivity contribution in [1.29, 1.82) is 0 Å². The van der Waals surface area contributed by atoms with Gasteiger partial charge in [0, 0.05) is 6.04 Å². The van der Waals surface area contributed by atoms with Crippen molar-refractivity contribution in [3.8, 4) is 0 Å². The van der Waals surface area contributed by atoms with E-state index < -0.39 is 0 Å². The van der Waals surface area contributed by atoms with E-state index >= 15 is 0 Å². The Labute approximate surface area is 195 Å². The summed E-state index contributed by atoms with van der Waals surface area (Å²) in [7, 11) is 0. The molecule has 2 aromatic heterocycles. The van der Waals surface area contributed by atoms with Crippen LogP contribution in [0.4, 0.5) is 0 Å². The van der Waals surface area contributed by atoms with Crippen LogP contribution in [-0.4, -0.2) is 43.5 Å². The van der Waals surface area contributed by atoms with Gasteiger partial charge in [-0.1, -0.05) is 17.3 Å². The van der Waals surface area contributed by atoms with E-state index in [0.717, 1.165) is 48.5 Å². The third-order valence-electron chi connectivity index (χ3n) is 5.67. The number of hydrogen-bond acceptors (Lipinski definition) is 5. The molecule has 0 aliphatic carbocycles. The maximum absolute atomic E-state index is 13.0. The topological polar surface area (TPSA) is 89.7 Å². The number of para-hydroxylation sites is 2. The van der Waals surface area contributed by atoms with Crippen molar-refractivity contribution >= 4 is 41.8 Å². The molecule has 1 fully saturated rings. The first kappa shape index (κ1) is 25.1. The molecule has 0 saturated carbocycles. The second kappa shape index (κ2) is 10.4. The van der Waals surface area contributed by atoms with Gasteiger partial charge in [0.25, 0.3) is 5.91 Å². The lowest BCUT2D eigenvalue weighted by molar-refractivity contribution is 0.0931. The van der Waals surface area contributed by atoms with Crippen LogP contribution in [0.1, 0.15) is 73.7 Å². The number of imidazole rings is 1. The fourth-order valence-corrected chi connectivity index (χ4v) is 4.19. The van der Waals surface area contributed by atoms with Crippen LogP contribution in [0.15, 0.2) is 24.3 Å². The minimum atomic E-state index is -0.249. The molecule has 0 radical (unpaired) electrons. The molecule has 1 aliphatic heterocycles. The van der Waals surface area contributed by atoms with Gasteiger partial charge in [0.1, 0.15) is 5.82 Å². The molecule has 0 bridgehead atoms. The number of halogens is 2. The Bertz CT molecular complexity index is 1020. The molecule has 3 aromatic rings. The maximum atomic E-state index is 13.0. The van der Waals surface area contributed by atoms with Gasteiger partial charge < -0.3 is 15.2 Å². The van der Waals surface area contributed by atoms with Gasteiger partial charge in [0.05, 0.1) is 28.8 Å². The van der Waals surface area contributed by atoms with Gasteiger partial charge in [-0.05, 0) is 65.8 Å². The molecule has 1 amide bonds. The predicted octanol–water partition coefficient (Wildman–Crippen LogP) is 3.78. The van der Waals surface area contributed by atoms with Crippen molar-refractivity contribution in [1.82, 2.24) is 35.2 Å². The normalized spacial score (nSPS) is 15.4. The van der Waals surface area contributed by atoms with Crippen LogP contribution in [0.2, 0.25) is 0 Å². The highest BCUT2D eigenvalue weighted by atomic mass is 35.5. The number of rotatable bonds is 5. The fraction of sp³-hybridized carbons (Fsp3) is 0.524. The predicted molar refractivity (Wildman–Crippen MR) is 126 cm³/mol. The summed E-state index contributed by atoms with van der Waals surface area (Å²) in [4.78, 5) is 17.7. The van der Waals surface area contributed by atoms with Crippen molar-refractivity contribution < 1.29 is 4.79 Å². The molecular formula is C21H31Cl2N7O. The van der Waals surface area contributed by atoms with Crippen molar-refractivity contribution in [2.45, 2.75) is 58.7 Å². The standard InChI is InChI=1S/C21H29N7O.2ClH/c1-13(2)27-18-8-6-5-7-17(18)24-20(27)14(3)23-21(29)19-15(4)28(26-25-19)16-9-11-22-12-10-16;;/h5-8,13-14,16,22H,9-12H2,1-4H3,(H,23,29);2*1H. The number of hydrogen-bond donors (Lipinski definition) is 2. The Morgan fingerprint density at radius 1 is 1.16 bits per heavy atom. The van der Waals surface area contributed by atoms with Gasteiger partial charge in [-0.25, -0.2) is 9.67 Å². The molecule has 10 heteroatoms. The van der Waals surface area contributed by atoms with E-state index in [1.165, 1.54) is 0 Å². The first-order chi connectivity index (χ1) is 14.0. The minimum absolute atomic E-state index is 0. The van der Waals surface area contributed by atoms with E-state index in [-0.39, 0.29) is 42.8 Å². The Balaban J connectivity index is 0.00000171. The lowest BCUT2D eigenvalue weighted by Gasteiger charge is -2.23. The number of benzene rings is 1. The van der Waals surface area contributed by atoms with Gasteiger partial charge >= 0.3 is 0 Å². The van der Waals surface area contributed by atoms with E-state index in [4.69, 9.17) is 4.98 Å². The quantitative estimate of drug-likeness (QED) is 0.595. The van der Waals surface area contributed by atoms with Crippen LogP contribution in [0.25, 0.3) is 11.0 Å². The number of fused-ring (bicyclic) bond motifs is 1. The molecule has 1 saturated heterocycles. The second-order valence-corrected chi connectivity index (χ2v) is 8.07. The number of carbonyl (C=O) groups excluding carboxylic acids is 1. The van der Waals surface area contributed by atoms with Crippen molar-refractivity contribution in [2.75, 3.05) is 13.1 Å². The Morgan fingerprint density at radius 3 is 2.52 bits per heavy atom. The van der Waals surface area contributed by atoms with E-state index in [1.807, 2.05) is 36.7 Å². The summed E-state index contributed by atoms with van der Waals surface area (Å²) >= 11 is 0. The monoisotopic (exact) mass is 467 g/mol. The summed E-state index contributed by atoms with van der Waals surface area (Å²) in [6.07, 6.45) is 2.00. The summed E-state index contributed by atoms with van der Waals surface area (Å²) < 4.78 is 4.09. The Morgan fingerprint density at radius 2 is 1.84 bits per heavy atom. The lowest BCUT2D eigenvalue weighted by Crippen LogP contribution is -2.31. The first-order valence-corrected chi connectivity index (χ1v) is 10.4. The van der Waals surface area contributed by atoms with Crippen LogP contribution in [0.5, 0.6) is 0 Å². The highest BCUT2D eigenvalue weighted by Crippen LogP contribution is 2.25. The molecule has 2 N–H and O–H groups in total. The molecule has 31 heavy (non-hydrogen) atoms. The first-order valence-electron chi connectivity index (χ1n) is 10.4. The number of nitrogens with zero attached hydrogens (tertiary/aromatic N) is 5. The van der Waals surface area contributed by atoms with Crippen LogP contribution < -0.4 is 10.6 Å². The minimum Gasteiger partial charge on any atom is -0.341 e. The van der Waals surface area contributed by atoms with Crippen molar-refractivity contribution in [3.05, 3.63) is 41.5 Å². The van der Waals surface area contributed by atoms with Crippen LogP contribution in [-0.2, 0) is 0 Å². The molecule has 1 aromatic carbocycles. The van der Waals surface area contributed by atoms with E-state index in [1.54, 1.807) is 0 Å². The Hall–Kier alpha value is -2.16. The van der Waals surface area contributed by atoms with Gasteiger partial charge in [-0.15, -0.1) is 29.9 Å². The molecule has 1 atom stereocenters. The van der Waals surface area contributed by atoms with Gasteiger partial charge in [-0.2, -0.15) is 0 Å². The smallest absolute Gasteiger partial charge is 0.274 e. The number of carbonyl (C=O) groups is 1. The van der Waals surface area contributed by atoms with E-state index in [2.05, 4.69) is 45.4 Å². The van der Waals surface area contributed by atoms with Crippen LogP contribution in [0.3, 0.4) is 0 Å². The zero-order valence-electron chi connectivity index (χ0n) is 18.3. The van der Waals surface area contributed by atoms with Gasteiger partial charge in [0.15, 0.2) is 5.69 Å². The van der Waals surface area contributed by atoms with Gasteiger partial charge in [0.2, 0.25) is 0 Å². The molecule has 1 unspecified atom stereocenters. The summed E-state index contributed by atoms with van der Waals surface area (Å²) in [6.45, 7) is 10.1. The number of nitrogens with one attached hydrogen (secondary N) is 2. The fourth-order valence-electron chi connectivity index (χ4n) is 4.19. The summed E-state index contributed by atoms with van der Waals surface area (Å²) in [5.74, 6) is 0.635. The molecular weight excluding hydrogens is 437 g/mol. The third-order valence-corrected chi connectivity index (χ3v) is 5.67. The van der Waals surface area contributed by atoms with Crippen LogP contribution in [0, 0.1) is 6.92 Å². The number of aromatic nitrogens is 5.